The topological polar surface area (TPSA) is 59.6 Å². The van der Waals surface area contributed by atoms with Crippen LogP contribution >= 0.6 is 0 Å². The van der Waals surface area contributed by atoms with Gasteiger partial charge in [-0.05, 0) is 36.5 Å². The summed E-state index contributed by atoms with van der Waals surface area (Å²) in [5.74, 6) is 1.37. The Balaban J connectivity index is 2.16. The third-order valence-electron chi connectivity index (χ3n) is 4.32. The van der Waals surface area contributed by atoms with Crippen molar-refractivity contribution in [2.24, 2.45) is 11.8 Å². The highest BCUT2D eigenvalue weighted by Gasteiger charge is 2.26. The molecule has 1 aliphatic carbocycles. The zero-order chi connectivity index (χ0) is 13.8. The lowest BCUT2D eigenvalue weighted by Crippen LogP contribution is -2.35. The van der Waals surface area contributed by atoms with Crippen LogP contribution in [0.1, 0.15) is 44.2 Å². The van der Waals surface area contributed by atoms with E-state index < -0.39 is 0 Å². The summed E-state index contributed by atoms with van der Waals surface area (Å²) in [5.41, 5.74) is 1.84. The molecule has 1 N–H and O–H groups in total. The highest BCUT2D eigenvalue weighted by molar-refractivity contribution is 5.56. The smallest absolute Gasteiger partial charge is 0.101 e. The summed E-state index contributed by atoms with van der Waals surface area (Å²) in [6.07, 6.45) is 3.73. The Morgan fingerprint density at radius 3 is 2.53 bits per heavy atom. The summed E-state index contributed by atoms with van der Waals surface area (Å²) in [4.78, 5) is 0. The van der Waals surface area contributed by atoms with Crippen molar-refractivity contribution in [2.45, 2.75) is 39.2 Å². The van der Waals surface area contributed by atoms with Gasteiger partial charge in [-0.15, -0.1) is 0 Å². The molecule has 0 aromatic heterocycles. The molecule has 2 rings (SSSR count). The molecule has 0 saturated heterocycles. The fraction of sp³-hybridized carbons (Fsp3) is 0.500. The molecule has 3 nitrogen and oxygen atoms in total. The summed E-state index contributed by atoms with van der Waals surface area (Å²) in [6.45, 7) is 4.59. The number of hydrogen-bond acceptors (Lipinski definition) is 3. The van der Waals surface area contributed by atoms with E-state index in [4.69, 9.17) is 10.5 Å². The molecule has 0 bridgehead atoms. The van der Waals surface area contributed by atoms with Crippen molar-refractivity contribution in [2.75, 3.05) is 5.32 Å². The van der Waals surface area contributed by atoms with E-state index >= 15 is 0 Å². The zero-order valence-electron chi connectivity index (χ0n) is 11.5. The van der Waals surface area contributed by atoms with Gasteiger partial charge in [-0.1, -0.05) is 26.7 Å². The van der Waals surface area contributed by atoms with E-state index in [0.717, 1.165) is 11.6 Å². The molecule has 19 heavy (non-hydrogen) atoms. The second-order valence-corrected chi connectivity index (χ2v) is 5.50. The molecule has 0 radical (unpaired) electrons. The lowest BCUT2D eigenvalue weighted by molar-refractivity contribution is 0.253. The molecule has 1 aromatic rings. The summed E-state index contributed by atoms with van der Waals surface area (Å²) >= 11 is 0. The number of hydrogen-bond donors (Lipinski definition) is 1. The first kappa shape index (κ1) is 13.4. The van der Waals surface area contributed by atoms with Gasteiger partial charge in [0.15, 0.2) is 0 Å². The van der Waals surface area contributed by atoms with E-state index in [1.54, 1.807) is 12.1 Å². The summed E-state index contributed by atoms with van der Waals surface area (Å²) in [5, 5.41) is 21.5. The van der Waals surface area contributed by atoms with Gasteiger partial charge in [0.2, 0.25) is 0 Å². The van der Waals surface area contributed by atoms with Gasteiger partial charge in [0.25, 0.3) is 0 Å². The number of rotatable bonds is 2. The van der Waals surface area contributed by atoms with Crippen molar-refractivity contribution in [1.29, 1.82) is 10.5 Å². The first-order valence-corrected chi connectivity index (χ1v) is 6.86. The first-order valence-electron chi connectivity index (χ1n) is 6.86. The molecule has 3 heteroatoms. The van der Waals surface area contributed by atoms with Crippen LogP contribution in [0.2, 0.25) is 0 Å². The molecule has 1 aromatic carbocycles. The first-order chi connectivity index (χ1) is 9.15. The van der Waals surface area contributed by atoms with Crippen LogP contribution in [0, 0.1) is 34.5 Å². The monoisotopic (exact) mass is 253 g/mol. The highest BCUT2D eigenvalue weighted by atomic mass is 14.9. The van der Waals surface area contributed by atoms with Gasteiger partial charge in [0, 0.05) is 11.7 Å². The minimum Gasteiger partial charge on any atom is -0.382 e. The van der Waals surface area contributed by atoms with Crippen LogP contribution in [0.4, 0.5) is 5.69 Å². The average Bonchev–Trinajstić information content (AvgIpc) is 2.43. The molecule has 3 atom stereocenters. The Labute approximate surface area is 114 Å². The SMILES string of the molecule is CC1CCCC(Nc2ccc(C#N)c(C#N)c2)C1C. The van der Waals surface area contributed by atoms with Crippen LogP contribution < -0.4 is 5.32 Å². The lowest BCUT2D eigenvalue weighted by atomic mass is 9.78. The maximum Gasteiger partial charge on any atom is 0.101 e. The molecular weight excluding hydrogens is 234 g/mol. The predicted octanol–water partition coefficient (Wildman–Crippen LogP) is 3.67. The quantitative estimate of drug-likeness (QED) is 0.874. The minimum absolute atomic E-state index is 0.443. The number of benzene rings is 1. The molecule has 1 aliphatic rings. The Morgan fingerprint density at radius 1 is 1.11 bits per heavy atom. The molecule has 1 saturated carbocycles. The number of nitriles is 2. The van der Waals surface area contributed by atoms with Crippen molar-refractivity contribution in [3.63, 3.8) is 0 Å². The van der Waals surface area contributed by atoms with Crippen LogP contribution in [0.25, 0.3) is 0 Å². The predicted molar refractivity (Wildman–Crippen MR) is 75.5 cm³/mol. The van der Waals surface area contributed by atoms with E-state index in [0.29, 0.717) is 23.1 Å². The molecule has 3 unspecified atom stereocenters. The minimum atomic E-state index is 0.443. The van der Waals surface area contributed by atoms with Crippen molar-refractivity contribution in [1.82, 2.24) is 0 Å². The standard InChI is InChI=1S/C16H19N3/c1-11-4-3-5-16(12(11)2)19-15-7-6-13(9-17)14(8-15)10-18/h6-8,11-12,16,19H,3-5H2,1-2H3. The van der Waals surface area contributed by atoms with Crippen LogP contribution in [0.5, 0.6) is 0 Å². The molecule has 0 amide bonds. The van der Waals surface area contributed by atoms with Crippen molar-refractivity contribution < 1.29 is 0 Å². The summed E-state index contributed by atoms with van der Waals surface area (Å²) in [6, 6.07) is 9.98. The van der Waals surface area contributed by atoms with Gasteiger partial charge in [-0.25, -0.2) is 0 Å². The van der Waals surface area contributed by atoms with Crippen LogP contribution in [0.3, 0.4) is 0 Å². The third kappa shape index (κ3) is 2.88. The average molecular weight is 253 g/mol. The lowest BCUT2D eigenvalue weighted by Gasteiger charge is -2.35. The second-order valence-electron chi connectivity index (χ2n) is 5.50. The van der Waals surface area contributed by atoms with Crippen molar-refractivity contribution in [3.05, 3.63) is 29.3 Å². The third-order valence-corrected chi connectivity index (χ3v) is 4.32. The highest BCUT2D eigenvalue weighted by Crippen LogP contribution is 2.31. The molecule has 1 fully saturated rings. The fourth-order valence-corrected chi connectivity index (χ4v) is 2.82. The zero-order valence-corrected chi connectivity index (χ0v) is 11.5. The largest absolute Gasteiger partial charge is 0.382 e. The van der Waals surface area contributed by atoms with Gasteiger partial charge in [-0.2, -0.15) is 10.5 Å². The molecule has 0 spiro atoms. The van der Waals surface area contributed by atoms with Crippen LogP contribution in [-0.2, 0) is 0 Å². The summed E-state index contributed by atoms with van der Waals surface area (Å²) in [7, 11) is 0. The molecule has 0 heterocycles. The van der Waals surface area contributed by atoms with Gasteiger partial charge >= 0.3 is 0 Å². The fourth-order valence-electron chi connectivity index (χ4n) is 2.82. The normalized spacial score (nSPS) is 26.2. The molecular formula is C16H19N3. The summed E-state index contributed by atoms with van der Waals surface area (Å²) < 4.78 is 0. The Bertz CT molecular complexity index is 536. The van der Waals surface area contributed by atoms with E-state index in [2.05, 4.69) is 25.2 Å². The maximum absolute atomic E-state index is 9.05. The van der Waals surface area contributed by atoms with Gasteiger partial charge in [0.05, 0.1) is 11.1 Å². The van der Waals surface area contributed by atoms with Crippen molar-refractivity contribution >= 4 is 5.69 Å². The number of anilines is 1. The molecule has 98 valence electrons. The second kappa shape index (κ2) is 5.76. The van der Waals surface area contributed by atoms with E-state index in [-0.39, 0.29) is 0 Å². The Kier molecular flexibility index (Phi) is 4.07. The Morgan fingerprint density at radius 2 is 1.84 bits per heavy atom. The van der Waals surface area contributed by atoms with Crippen LogP contribution in [-0.4, -0.2) is 6.04 Å². The maximum atomic E-state index is 9.05. The van der Waals surface area contributed by atoms with E-state index in [9.17, 15) is 0 Å². The van der Waals surface area contributed by atoms with Crippen molar-refractivity contribution in [3.8, 4) is 12.1 Å². The number of nitrogens with zero attached hydrogens (tertiary/aromatic N) is 2. The van der Waals surface area contributed by atoms with Gasteiger partial charge in [-0.3, -0.25) is 0 Å². The Hall–Kier alpha value is -2.00. The van der Waals surface area contributed by atoms with E-state index in [1.165, 1.54) is 19.3 Å². The van der Waals surface area contributed by atoms with Crippen LogP contribution in [0.15, 0.2) is 18.2 Å². The number of nitrogens with one attached hydrogen (secondary N) is 1. The van der Waals surface area contributed by atoms with Gasteiger partial charge < -0.3 is 5.32 Å². The van der Waals surface area contributed by atoms with E-state index in [1.807, 2.05) is 12.1 Å². The molecule has 0 aliphatic heterocycles. The van der Waals surface area contributed by atoms with Gasteiger partial charge in [0.1, 0.15) is 12.1 Å².